The monoisotopic (exact) mass is 394 g/mol. The Morgan fingerprint density at radius 1 is 1.26 bits per heavy atom. The predicted octanol–water partition coefficient (Wildman–Crippen LogP) is 0.915. The van der Waals surface area contributed by atoms with Gasteiger partial charge < -0.3 is 22.1 Å². The van der Waals surface area contributed by atoms with Crippen molar-refractivity contribution in [2.75, 3.05) is 20.6 Å². The Labute approximate surface area is 151 Å². The number of hydrogen-bond donors (Lipinski definition) is 4. The second-order valence-corrected chi connectivity index (χ2v) is 6.01. The molecule has 3 atom stereocenters. The molecule has 0 amide bonds. The molecule has 23 heavy (non-hydrogen) atoms. The lowest BCUT2D eigenvalue weighted by Crippen LogP contribution is -2.58. The Kier molecular flexibility index (Phi) is 14.1. The van der Waals surface area contributed by atoms with Gasteiger partial charge in [0.1, 0.15) is 5.78 Å². The van der Waals surface area contributed by atoms with E-state index in [1.165, 1.54) is 0 Å². The molecule has 1 saturated carbocycles. The minimum atomic E-state index is -0.417. The SMILES string of the molecule is Br.CNC(CCCCN)C(C)=O.CNC1(C(C)=O)CCCC1N. The van der Waals surface area contributed by atoms with Crippen molar-refractivity contribution < 1.29 is 9.59 Å². The minimum Gasteiger partial charge on any atom is -0.330 e. The first-order valence-corrected chi connectivity index (χ1v) is 8.19. The lowest BCUT2D eigenvalue weighted by atomic mass is 9.89. The number of ketones is 2. The molecule has 1 fully saturated rings. The highest BCUT2D eigenvalue weighted by Crippen LogP contribution is 2.28. The normalized spacial score (nSPS) is 24.2. The molecule has 0 saturated heterocycles. The lowest BCUT2D eigenvalue weighted by molar-refractivity contribution is -0.123. The van der Waals surface area contributed by atoms with Crippen LogP contribution in [-0.4, -0.2) is 49.8 Å². The quantitative estimate of drug-likeness (QED) is 0.455. The van der Waals surface area contributed by atoms with Crippen molar-refractivity contribution in [1.82, 2.24) is 10.6 Å². The van der Waals surface area contributed by atoms with E-state index < -0.39 is 5.54 Å². The van der Waals surface area contributed by atoms with Crippen molar-refractivity contribution in [3.63, 3.8) is 0 Å². The maximum absolute atomic E-state index is 11.3. The number of nitrogens with two attached hydrogens (primary N) is 2. The lowest BCUT2D eigenvalue weighted by Gasteiger charge is -2.30. The minimum absolute atomic E-state index is 0. The van der Waals surface area contributed by atoms with E-state index in [1.54, 1.807) is 13.8 Å². The highest BCUT2D eigenvalue weighted by molar-refractivity contribution is 8.93. The first kappa shape index (κ1) is 24.9. The van der Waals surface area contributed by atoms with E-state index in [1.807, 2.05) is 14.1 Å². The molecule has 0 aromatic rings. The standard InChI is InChI=1S/C8H16N2O.C8H18N2O.BrH/c1-6(11)8(10-2)5-3-4-7(8)9;1-7(11)8(10-2)5-3-4-6-9;/h7,10H,3-5,9H2,1-2H3;8,10H,3-6,9H2,1-2H3;1H. The molecule has 0 aromatic carbocycles. The van der Waals surface area contributed by atoms with Crippen molar-refractivity contribution in [2.24, 2.45) is 11.5 Å². The molecule has 0 bridgehead atoms. The molecule has 7 heteroatoms. The Morgan fingerprint density at radius 2 is 1.87 bits per heavy atom. The van der Waals surface area contributed by atoms with Crippen molar-refractivity contribution in [1.29, 1.82) is 0 Å². The van der Waals surface area contributed by atoms with E-state index in [0.29, 0.717) is 6.54 Å². The molecule has 6 nitrogen and oxygen atoms in total. The van der Waals surface area contributed by atoms with Crippen molar-refractivity contribution >= 4 is 28.5 Å². The summed E-state index contributed by atoms with van der Waals surface area (Å²) in [5, 5.41) is 6.02. The summed E-state index contributed by atoms with van der Waals surface area (Å²) in [4.78, 5) is 22.1. The van der Waals surface area contributed by atoms with E-state index in [9.17, 15) is 9.59 Å². The summed E-state index contributed by atoms with van der Waals surface area (Å²) in [7, 11) is 3.63. The maximum atomic E-state index is 11.3. The second-order valence-electron chi connectivity index (χ2n) is 6.01. The third-order valence-corrected chi connectivity index (χ3v) is 4.58. The predicted molar refractivity (Wildman–Crippen MR) is 101 cm³/mol. The van der Waals surface area contributed by atoms with Gasteiger partial charge in [-0.1, -0.05) is 6.42 Å². The van der Waals surface area contributed by atoms with Gasteiger partial charge in [-0.25, -0.2) is 0 Å². The molecule has 0 aromatic heterocycles. The number of carbonyl (C=O) groups is 2. The topological polar surface area (TPSA) is 110 Å². The van der Waals surface area contributed by atoms with Gasteiger partial charge in [0.2, 0.25) is 0 Å². The van der Waals surface area contributed by atoms with E-state index in [4.69, 9.17) is 11.5 Å². The second kappa shape index (κ2) is 13.0. The first-order valence-electron chi connectivity index (χ1n) is 8.19. The number of rotatable bonds is 8. The molecule has 6 N–H and O–H groups in total. The smallest absolute Gasteiger partial charge is 0.151 e. The first-order chi connectivity index (χ1) is 10.4. The number of unbranched alkanes of at least 4 members (excludes halogenated alkanes) is 1. The zero-order valence-electron chi connectivity index (χ0n) is 15.0. The zero-order chi connectivity index (χ0) is 17.2. The van der Waals surface area contributed by atoms with Gasteiger partial charge in [0.25, 0.3) is 0 Å². The third kappa shape index (κ3) is 7.85. The van der Waals surface area contributed by atoms with Gasteiger partial charge in [-0.3, -0.25) is 9.59 Å². The van der Waals surface area contributed by atoms with Gasteiger partial charge in [0.05, 0.1) is 11.6 Å². The van der Waals surface area contributed by atoms with E-state index in [-0.39, 0.29) is 40.6 Å². The van der Waals surface area contributed by atoms with Crippen LogP contribution in [0.25, 0.3) is 0 Å². The number of carbonyl (C=O) groups excluding carboxylic acids is 2. The van der Waals surface area contributed by atoms with Crippen LogP contribution in [-0.2, 0) is 9.59 Å². The third-order valence-electron chi connectivity index (χ3n) is 4.58. The molecule has 3 unspecified atom stereocenters. The number of halogens is 1. The average Bonchev–Trinajstić information content (AvgIpc) is 2.86. The summed E-state index contributed by atoms with van der Waals surface area (Å²) in [6.45, 7) is 3.94. The molecule has 0 aliphatic heterocycles. The Morgan fingerprint density at radius 3 is 2.13 bits per heavy atom. The van der Waals surface area contributed by atoms with E-state index in [2.05, 4.69) is 10.6 Å². The van der Waals surface area contributed by atoms with Gasteiger partial charge in [-0.2, -0.15) is 0 Å². The fraction of sp³-hybridized carbons (Fsp3) is 0.875. The Balaban J connectivity index is 0. The van der Waals surface area contributed by atoms with Crippen LogP contribution in [0.1, 0.15) is 52.4 Å². The van der Waals surface area contributed by atoms with Gasteiger partial charge in [-0.15, -0.1) is 17.0 Å². The van der Waals surface area contributed by atoms with Crippen LogP contribution in [0.5, 0.6) is 0 Å². The van der Waals surface area contributed by atoms with E-state index >= 15 is 0 Å². The molecule has 1 aliphatic rings. The molecule has 0 heterocycles. The number of hydrogen-bond acceptors (Lipinski definition) is 6. The number of nitrogens with one attached hydrogen (secondary N) is 2. The van der Waals surface area contributed by atoms with Crippen LogP contribution in [0.4, 0.5) is 0 Å². The van der Waals surface area contributed by atoms with Crippen LogP contribution in [0, 0.1) is 0 Å². The van der Waals surface area contributed by atoms with Crippen LogP contribution in [0.3, 0.4) is 0 Å². The summed E-state index contributed by atoms with van der Waals surface area (Å²) in [5.74, 6) is 0.384. The van der Waals surface area contributed by atoms with Crippen LogP contribution in [0.2, 0.25) is 0 Å². The highest BCUT2D eigenvalue weighted by atomic mass is 79.9. The molecule has 0 radical (unpaired) electrons. The Bertz CT molecular complexity index is 355. The fourth-order valence-corrected chi connectivity index (χ4v) is 3.00. The molecule has 1 aliphatic carbocycles. The summed E-state index contributed by atoms with van der Waals surface area (Å²) in [5.41, 5.74) is 10.8. The number of Topliss-reactive ketones (excluding diaryl/α,β-unsaturated/α-hetero) is 2. The summed E-state index contributed by atoms with van der Waals surface area (Å²) in [6, 6.07) is 0.0338. The largest absolute Gasteiger partial charge is 0.330 e. The highest BCUT2D eigenvalue weighted by Gasteiger charge is 2.43. The van der Waals surface area contributed by atoms with Gasteiger partial charge >= 0.3 is 0 Å². The van der Waals surface area contributed by atoms with Crippen LogP contribution >= 0.6 is 17.0 Å². The fourth-order valence-electron chi connectivity index (χ4n) is 3.00. The summed E-state index contributed by atoms with van der Waals surface area (Å²) in [6.07, 6.45) is 5.85. The van der Waals surface area contributed by atoms with Crippen molar-refractivity contribution in [3.05, 3.63) is 0 Å². The Hall–Kier alpha value is -0.340. The molecule has 0 spiro atoms. The molecule has 1 rings (SSSR count). The van der Waals surface area contributed by atoms with Gasteiger partial charge in [0, 0.05) is 6.04 Å². The molecule has 138 valence electrons. The van der Waals surface area contributed by atoms with Gasteiger partial charge in [-0.05, 0) is 66.6 Å². The average molecular weight is 395 g/mol. The molecular formula is C16H35BrN4O2. The van der Waals surface area contributed by atoms with E-state index in [0.717, 1.165) is 38.5 Å². The van der Waals surface area contributed by atoms with Gasteiger partial charge in [0.15, 0.2) is 5.78 Å². The zero-order valence-corrected chi connectivity index (χ0v) is 16.7. The maximum Gasteiger partial charge on any atom is 0.151 e. The molecular weight excluding hydrogens is 360 g/mol. The van der Waals surface area contributed by atoms with Crippen LogP contribution in [0.15, 0.2) is 0 Å². The summed E-state index contributed by atoms with van der Waals surface area (Å²) >= 11 is 0. The van der Waals surface area contributed by atoms with Crippen molar-refractivity contribution in [3.8, 4) is 0 Å². The van der Waals surface area contributed by atoms with Crippen molar-refractivity contribution in [2.45, 2.75) is 70.0 Å². The van der Waals surface area contributed by atoms with Crippen LogP contribution < -0.4 is 22.1 Å². The number of likely N-dealkylation sites (N-methyl/N-ethyl adjacent to an activating group) is 2. The summed E-state index contributed by atoms with van der Waals surface area (Å²) < 4.78 is 0.